The Morgan fingerprint density at radius 1 is 1.22 bits per heavy atom. The summed E-state index contributed by atoms with van der Waals surface area (Å²) in [6.45, 7) is 3.46. The largest absolute Gasteiger partial charge is 0.413 e. The van der Waals surface area contributed by atoms with Gasteiger partial charge in [0.2, 0.25) is 0 Å². The highest BCUT2D eigenvalue weighted by atomic mass is 35.5. The van der Waals surface area contributed by atoms with Crippen LogP contribution in [0.4, 0.5) is 9.18 Å². The standard InChI is InChI=1S/C21H17ClFN7O2/c1-12(20-11-24-5-6-25-20)26-21(31)32-17-8-14(18-4-3-15(22)9-19(18)23)7-16(10-17)30-13(2)27-28-29-30/h3-12H,1-2H3,(H,26,31). The lowest BCUT2D eigenvalue weighted by atomic mass is 10.0. The topological polar surface area (TPSA) is 108 Å². The summed E-state index contributed by atoms with van der Waals surface area (Å²) in [5.41, 5.74) is 1.80. The first kappa shape index (κ1) is 21.3. The van der Waals surface area contributed by atoms with Crippen LogP contribution in [0.1, 0.15) is 24.5 Å². The van der Waals surface area contributed by atoms with Crippen molar-refractivity contribution in [3.63, 3.8) is 0 Å². The minimum absolute atomic E-state index is 0.172. The molecule has 1 N–H and O–H groups in total. The molecule has 11 heteroatoms. The number of hydrogen-bond donors (Lipinski definition) is 1. The average molecular weight is 454 g/mol. The fourth-order valence-corrected chi connectivity index (χ4v) is 3.19. The molecule has 0 bridgehead atoms. The summed E-state index contributed by atoms with van der Waals surface area (Å²) in [5.74, 6) is 0.158. The van der Waals surface area contributed by atoms with E-state index in [2.05, 4.69) is 30.8 Å². The molecule has 0 saturated carbocycles. The van der Waals surface area contributed by atoms with Crippen molar-refractivity contribution in [2.24, 2.45) is 0 Å². The minimum atomic E-state index is -0.712. The SMILES string of the molecule is Cc1nnnn1-c1cc(OC(=O)NC(C)c2cnccn2)cc(-c2ccc(Cl)cc2F)c1. The molecule has 1 atom stereocenters. The van der Waals surface area contributed by atoms with Crippen molar-refractivity contribution < 1.29 is 13.9 Å². The number of nitrogens with zero attached hydrogens (tertiary/aromatic N) is 6. The smallest absolute Gasteiger partial charge is 0.410 e. The van der Waals surface area contributed by atoms with Gasteiger partial charge in [-0.15, -0.1) is 5.10 Å². The lowest BCUT2D eigenvalue weighted by Gasteiger charge is -2.14. The first-order chi connectivity index (χ1) is 15.4. The van der Waals surface area contributed by atoms with Crippen LogP contribution in [0, 0.1) is 12.7 Å². The molecule has 2 heterocycles. The second kappa shape index (κ2) is 9.06. The second-order valence-corrected chi connectivity index (χ2v) is 7.30. The summed E-state index contributed by atoms with van der Waals surface area (Å²) in [6.07, 6.45) is 3.91. The highest BCUT2D eigenvalue weighted by Crippen LogP contribution is 2.31. The molecular formula is C21H17ClFN7O2. The molecule has 32 heavy (non-hydrogen) atoms. The third-order valence-corrected chi connectivity index (χ3v) is 4.81. The van der Waals surface area contributed by atoms with E-state index in [1.54, 1.807) is 56.6 Å². The molecule has 4 aromatic rings. The van der Waals surface area contributed by atoms with E-state index in [9.17, 15) is 9.18 Å². The van der Waals surface area contributed by atoms with Crippen molar-refractivity contribution in [2.75, 3.05) is 0 Å². The van der Waals surface area contributed by atoms with Gasteiger partial charge in [-0.2, -0.15) is 4.68 Å². The van der Waals surface area contributed by atoms with E-state index in [0.717, 1.165) is 0 Å². The van der Waals surface area contributed by atoms with Crippen molar-refractivity contribution in [3.05, 3.63) is 77.3 Å². The molecular weight excluding hydrogens is 437 g/mol. The normalized spacial score (nSPS) is 11.8. The maximum Gasteiger partial charge on any atom is 0.413 e. The van der Waals surface area contributed by atoms with Crippen LogP contribution in [0.15, 0.2) is 55.0 Å². The quantitative estimate of drug-likeness (QED) is 0.485. The van der Waals surface area contributed by atoms with Crippen LogP contribution in [-0.4, -0.2) is 36.3 Å². The number of halogens is 2. The van der Waals surface area contributed by atoms with Gasteiger partial charge < -0.3 is 10.1 Å². The molecule has 9 nitrogen and oxygen atoms in total. The van der Waals surface area contributed by atoms with Crippen LogP contribution in [-0.2, 0) is 0 Å². The van der Waals surface area contributed by atoms with Gasteiger partial charge in [-0.25, -0.2) is 9.18 Å². The monoisotopic (exact) mass is 453 g/mol. The van der Waals surface area contributed by atoms with E-state index in [1.165, 1.54) is 16.9 Å². The van der Waals surface area contributed by atoms with Crippen molar-refractivity contribution in [1.82, 2.24) is 35.5 Å². The number of rotatable bonds is 5. The van der Waals surface area contributed by atoms with Crippen molar-refractivity contribution in [1.29, 1.82) is 0 Å². The number of carbonyl (C=O) groups excluding carboxylic acids is 1. The third kappa shape index (κ3) is 4.70. The van der Waals surface area contributed by atoms with E-state index >= 15 is 0 Å². The van der Waals surface area contributed by atoms with Crippen molar-refractivity contribution in [3.8, 4) is 22.6 Å². The van der Waals surface area contributed by atoms with Gasteiger partial charge in [-0.1, -0.05) is 11.6 Å². The Bertz CT molecular complexity index is 1270. The second-order valence-electron chi connectivity index (χ2n) is 6.86. The molecule has 4 rings (SSSR count). The van der Waals surface area contributed by atoms with Crippen LogP contribution < -0.4 is 10.1 Å². The van der Waals surface area contributed by atoms with E-state index in [0.29, 0.717) is 22.8 Å². The van der Waals surface area contributed by atoms with E-state index in [1.807, 2.05) is 0 Å². The first-order valence-corrected chi connectivity index (χ1v) is 9.88. The van der Waals surface area contributed by atoms with Gasteiger partial charge in [0, 0.05) is 29.0 Å². The van der Waals surface area contributed by atoms with Crippen molar-refractivity contribution >= 4 is 17.7 Å². The first-order valence-electron chi connectivity index (χ1n) is 9.51. The summed E-state index contributed by atoms with van der Waals surface area (Å²) in [6, 6.07) is 8.70. The predicted octanol–water partition coefficient (Wildman–Crippen LogP) is 4.07. The average Bonchev–Trinajstić information content (AvgIpc) is 3.20. The van der Waals surface area contributed by atoms with Crippen LogP contribution in [0.3, 0.4) is 0 Å². The van der Waals surface area contributed by atoms with Crippen molar-refractivity contribution in [2.45, 2.75) is 19.9 Å². The summed E-state index contributed by atoms with van der Waals surface area (Å²) in [4.78, 5) is 20.6. The van der Waals surface area contributed by atoms with E-state index in [4.69, 9.17) is 16.3 Å². The Morgan fingerprint density at radius 3 is 2.75 bits per heavy atom. The molecule has 0 radical (unpaired) electrons. The maximum absolute atomic E-state index is 14.6. The number of aromatic nitrogens is 6. The zero-order valence-electron chi connectivity index (χ0n) is 17.0. The number of tetrazole rings is 1. The van der Waals surface area contributed by atoms with Gasteiger partial charge in [0.05, 0.1) is 23.6 Å². The molecule has 0 spiro atoms. The number of benzene rings is 2. The molecule has 0 saturated heterocycles. The zero-order chi connectivity index (χ0) is 22.7. The molecule has 0 aliphatic carbocycles. The molecule has 0 fully saturated rings. The fraction of sp³-hybridized carbons (Fsp3) is 0.143. The molecule has 2 aromatic heterocycles. The third-order valence-electron chi connectivity index (χ3n) is 4.58. The van der Waals surface area contributed by atoms with Crippen LogP contribution >= 0.6 is 11.6 Å². The van der Waals surface area contributed by atoms with Crippen LogP contribution in [0.25, 0.3) is 16.8 Å². The zero-order valence-corrected chi connectivity index (χ0v) is 17.8. The Kier molecular flexibility index (Phi) is 6.04. The summed E-state index contributed by atoms with van der Waals surface area (Å²) >= 11 is 5.88. The Hall–Kier alpha value is -3.92. The molecule has 2 aromatic carbocycles. The number of ether oxygens (including phenoxy) is 1. The van der Waals surface area contributed by atoms with Crippen LogP contribution in [0.5, 0.6) is 5.75 Å². The number of aryl methyl sites for hydroxylation is 1. The Morgan fingerprint density at radius 2 is 2.06 bits per heavy atom. The summed E-state index contributed by atoms with van der Waals surface area (Å²) in [7, 11) is 0. The highest BCUT2D eigenvalue weighted by molar-refractivity contribution is 6.30. The van der Waals surface area contributed by atoms with Gasteiger partial charge in [0.25, 0.3) is 0 Å². The van der Waals surface area contributed by atoms with Gasteiger partial charge in [0.1, 0.15) is 11.6 Å². The van der Waals surface area contributed by atoms with E-state index < -0.39 is 18.0 Å². The summed E-state index contributed by atoms with van der Waals surface area (Å²) in [5, 5.41) is 14.4. The Balaban J connectivity index is 1.66. The van der Waals surface area contributed by atoms with Crippen LogP contribution in [0.2, 0.25) is 5.02 Å². The van der Waals surface area contributed by atoms with Gasteiger partial charge >= 0.3 is 6.09 Å². The Labute approximate surface area is 187 Å². The fourth-order valence-electron chi connectivity index (χ4n) is 3.04. The molecule has 0 aliphatic heterocycles. The number of nitrogens with one attached hydrogen (secondary N) is 1. The summed E-state index contributed by atoms with van der Waals surface area (Å²) < 4.78 is 21.5. The van der Waals surface area contributed by atoms with Gasteiger partial charge in [0.15, 0.2) is 5.82 Å². The minimum Gasteiger partial charge on any atom is -0.410 e. The van der Waals surface area contributed by atoms with E-state index in [-0.39, 0.29) is 16.3 Å². The number of amides is 1. The molecule has 162 valence electrons. The molecule has 1 amide bonds. The number of hydrogen-bond acceptors (Lipinski definition) is 7. The number of carbonyl (C=O) groups is 1. The predicted molar refractivity (Wildman–Crippen MR) is 114 cm³/mol. The lowest BCUT2D eigenvalue weighted by molar-refractivity contribution is 0.196. The highest BCUT2D eigenvalue weighted by Gasteiger charge is 2.16. The maximum atomic E-state index is 14.6. The molecule has 0 aliphatic rings. The lowest BCUT2D eigenvalue weighted by Crippen LogP contribution is -2.30. The molecule has 1 unspecified atom stereocenters. The van der Waals surface area contributed by atoms with Gasteiger partial charge in [-0.3, -0.25) is 9.97 Å². The van der Waals surface area contributed by atoms with Gasteiger partial charge in [-0.05, 0) is 60.2 Å².